The predicted molar refractivity (Wildman–Crippen MR) is 88.5 cm³/mol. The molecule has 2 atom stereocenters. The molecular formula is C18H30N2O. The van der Waals surface area contributed by atoms with E-state index in [-0.39, 0.29) is 12.6 Å². The van der Waals surface area contributed by atoms with E-state index in [2.05, 4.69) is 48.3 Å². The minimum absolute atomic E-state index is 0.169. The molecule has 0 amide bonds. The lowest BCUT2D eigenvalue weighted by Gasteiger charge is -2.26. The maximum absolute atomic E-state index is 9.66. The van der Waals surface area contributed by atoms with Crippen LogP contribution in [0.15, 0.2) is 30.3 Å². The molecule has 3 heteroatoms. The second-order valence-electron chi connectivity index (χ2n) is 6.49. The summed E-state index contributed by atoms with van der Waals surface area (Å²) in [6, 6.07) is 11.8. The van der Waals surface area contributed by atoms with Gasteiger partial charge in [-0.2, -0.15) is 0 Å². The number of aliphatic hydroxyl groups is 1. The fourth-order valence-corrected chi connectivity index (χ4v) is 3.21. The van der Waals surface area contributed by atoms with Crippen LogP contribution in [0.25, 0.3) is 0 Å². The lowest BCUT2D eigenvalue weighted by molar-refractivity contribution is 0.215. The predicted octanol–water partition coefficient (Wildman–Crippen LogP) is 2.44. The van der Waals surface area contributed by atoms with Crippen molar-refractivity contribution >= 4 is 0 Å². The first-order valence-electron chi connectivity index (χ1n) is 8.34. The Labute approximate surface area is 129 Å². The Kier molecular flexibility index (Phi) is 6.68. The number of benzene rings is 1. The summed E-state index contributed by atoms with van der Waals surface area (Å²) in [7, 11) is 0. The number of hydrogen-bond acceptors (Lipinski definition) is 3. The van der Waals surface area contributed by atoms with Crippen molar-refractivity contribution in [3.63, 3.8) is 0 Å². The first kappa shape index (κ1) is 16.5. The Bertz CT molecular complexity index is 393. The molecule has 1 saturated heterocycles. The van der Waals surface area contributed by atoms with Crippen LogP contribution in [-0.2, 0) is 6.42 Å². The largest absolute Gasteiger partial charge is 0.395 e. The van der Waals surface area contributed by atoms with Gasteiger partial charge in [0.05, 0.1) is 6.61 Å². The van der Waals surface area contributed by atoms with Crippen LogP contribution in [0.3, 0.4) is 0 Å². The highest BCUT2D eigenvalue weighted by Gasteiger charge is 2.20. The third-order valence-electron chi connectivity index (χ3n) is 4.51. The maximum Gasteiger partial charge on any atom is 0.0587 e. The van der Waals surface area contributed by atoms with E-state index < -0.39 is 0 Å². The van der Waals surface area contributed by atoms with Crippen LogP contribution in [0.1, 0.15) is 38.7 Å². The van der Waals surface area contributed by atoms with Gasteiger partial charge < -0.3 is 15.3 Å². The van der Waals surface area contributed by atoms with Crippen molar-refractivity contribution in [2.45, 2.75) is 57.7 Å². The summed E-state index contributed by atoms with van der Waals surface area (Å²) in [5.41, 5.74) is 1.29. The molecule has 118 valence electrons. The number of nitrogens with one attached hydrogen (secondary N) is 1. The third kappa shape index (κ3) is 5.42. The van der Waals surface area contributed by atoms with Gasteiger partial charge in [-0.15, -0.1) is 0 Å². The highest BCUT2D eigenvalue weighted by Crippen LogP contribution is 2.14. The highest BCUT2D eigenvalue weighted by atomic mass is 16.3. The van der Waals surface area contributed by atoms with Crippen molar-refractivity contribution in [1.82, 2.24) is 10.2 Å². The average molecular weight is 290 g/mol. The second-order valence-corrected chi connectivity index (χ2v) is 6.49. The Hall–Kier alpha value is -0.900. The molecule has 1 aliphatic rings. The molecule has 0 saturated carbocycles. The molecule has 3 nitrogen and oxygen atoms in total. The Balaban J connectivity index is 1.84. The monoisotopic (exact) mass is 290 g/mol. The third-order valence-corrected chi connectivity index (χ3v) is 4.51. The topological polar surface area (TPSA) is 35.5 Å². The summed E-state index contributed by atoms with van der Waals surface area (Å²) in [6.07, 6.45) is 4.55. The van der Waals surface area contributed by atoms with E-state index in [0.717, 1.165) is 6.42 Å². The van der Waals surface area contributed by atoms with Gasteiger partial charge in [-0.3, -0.25) is 0 Å². The van der Waals surface area contributed by atoms with E-state index in [1.807, 2.05) is 6.07 Å². The molecule has 2 rings (SSSR count). The molecule has 1 aromatic rings. The lowest BCUT2D eigenvalue weighted by atomic mass is 10.0. The summed E-state index contributed by atoms with van der Waals surface area (Å²) in [5.74, 6) is 0. The number of likely N-dealkylation sites (tertiary alicyclic amines) is 1. The minimum atomic E-state index is 0.169. The van der Waals surface area contributed by atoms with Gasteiger partial charge in [0.2, 0.25) is 0 Å². The molecule has 1 aliphatic heterocycles. The summed E-state index contributed by atoms with van der Waals surface area (Å²) in [4.78, 5) is 2.56. The molecule has 0 bridgehead atoms. The SMILES string of the molecule is CC(C)N1CCCC(NC(CO)Cc2ccccc2)CC1. The maximum atomic E-state index is 9.66. The second kappa shape index (κ2) is 8.52. The zero-order valence-corrected chi connectivity index (χ0v) is 13.5. The van der Waals surface area contributed by atoms with E-state index in [0.29, 0.717) is 12.1 Å². The molecular weight excluding hydrogens is 260 g/mol. The van der Waals surface area contributed by atoms with E-state index in [9.17, 15) is 5.11 Å². The van der Waals surface area contributed by atoms with Crippen molar-refractivity contribution in [2.24, 2.45) is 0 Å². The molecule has 2 N–H and O–H groups in total. The van der Waals surface area contributed by atoms with Gasteiger partial charge in [-0.1, -0.05) is 30.3 Å². The zero-order chi connectivity index (χ0) is 15.1. The van der Waals surface area contributed by atoms with Gasteiger partial charge in [0.1, 0.15) is 0 Å². The van der Waals surface area contributed by atoms with Crippen molar-refractivity contribution < 1.29 is 5.11 Å². The quantitative estimate of drug-likeness (QED) is 0.845. The van der Waals surface area contributed by atoms with Gasteiger partial charge in [0, 0.05) is 18.1 Å². The van der Waals surface area contributed by atoms with Crippen LogP contribution in [0.5, 0.6) is 0 Å². The fraction of sp³-hybridized carbons (Fsp3) is 0.667. The molecule has 2 unspecified atom stereocenters. The molecule has 1 fully saturated rings. The van der Waals surface area contributed by atoms with E-state index in [4.69, 9.17) is 0 Å². The van der Waals surface area contributed by atoms with Crippen LogP contribution in [0, 0.1) is 0 Å². The van der Waals surface area contributed by atoms with Gasteiger partial charge >= 0.3 is 0 Å². The highest BCUT2D eigenvalue weighted by molar-refractivity contribution is 5.16. The standard InChI is InChI=1S/C18H30N2O/c1-15(2)20-11-6-9-17(10-12-20)19-18(14-21)13-16-7-4-3-5-8-16/h3-5,7-8,15,17-19,21H,6,9-14H2,1-2H3. The number of rotatable bonds is 6. The van der Waals surface area contributed by atoms with Crippen LogP contribution in [0.4, 0.5) is 0 Å². The molecule has 1 aromatic carbocycles. The van der Waals surface area contributed by atoms with Crippen molar-refractivity contribution in [1.29, 1.82) is 0 Å². The van der Waals surface area contributed by atoms with Gasteiger partial charge in [0.25, 0.3) is 0 Å². The average Bonchev–Trinajstić information content (AvgIpc) is 2.73. The van der Waals surface area contributed by atoms with Crippen molar-refractivity contribution in [2.75, 3.05) is 19.7 Å². The van der Waals surface area contributed by atoms with Crippen molar-refractivity contribution in [3.8, 4) is 0 Å². The molecule has 1 heterocycles. The van der Waals surface area contributed by atoms with E-state index in [1.54, 1.807) is 0 Å². The number of aliphatic hydroxyl groups excluding tert-OH is 1. The number of nitrogens with zero attached hydrogens (tertiary/aromatic N) is 1. The van der Waals surface area contributed by atoms with Crippen molar-refractivity contribution in [3.05, 3.63) is 35.9 Å². The molecule has 0 radical (unpaired) electrons. The van der Waals surface area contributed by atoms with Gasteiger partial charge in [-0.25, -0.2) is 0 Å². The molecule has 0 aromatic heterocycles. The molecule has 0 aliphatic carbocycles. The molecule has 0 spiro atoms. The summed E-state index contributed by atoms with van der Waals surface area (Å²) < 4.78 is 0. The van der Waals surface area contributed by atoms with Crippen LogP contribution in [0.2, 0.25) is 0 Å². The van der Waals surface area contributed by atoms with Gasteiger partial charge in [-0.05, 0) is 58.2 Å². The lowest BCUT2D eigenvalue weighted by Crippen LogP contribution is -2.42. The van der Waals surface area contributed by atoms with Crippen LogP contribution >= 0.6 is 0 Å². The Morgan fingerprint density at radius 1 is 1.19 bits per heavy atom. The van der Waals surface area contributed by atoms with E-state index in [1.165, 1.54) is 37.9 Å². The number of hydrogen-bond donors (Lipinski definition) is 2. The fourth-order valence-electron chi connectivity index (χ4n) is 3.21. The minimum Gasteiger partial charge on any atom is -0.395 e. The Morgan fingerprint density at radius 3 is 2.62 bits per heavy atom. The Morgan fingerprint density at radius 2 is 1.95 bits per heavy atom. The zero-order valence-electron chi connectivity index (χ0n) is 13.5. The van der Waals surface area contributed by atoms with Gasteiger partial charge in [0.15, 0.2) is 0 Å². The summed E-state index contributed by atoms with van der Waals surface area (Å²) >= 11 is 0. The normalized spacial score (nSPS) is 22.2. The first-order valence-corrected chi connectivity index (χ1v) is 8.34. The smallest absolute Gasteiger partial charge is 0.0587 e. The summed E-state index contributed by atoms with van der Waals surface area (Å²) in [5, 5.41) is 13.3. The van der Waals surface area contributed by atoms with E-state index >= 15 is 0 Å². The van der Waals surface area contributed by atoms with Crippen LogP contribution in [-0.4, -0.2) is 47.8 Å². The van der Waals surface area contributed by atoms with Crippen LogP contribution < -0.4 is 5.32 Å². The summed E-state index contributed by atoms with van der Waals surface area (Å²) in [6.45, 7) is 7.13. The first-order chi connectivity index (χ1) is 10.2. The molecule has 21 heavy (non-hydrogen) atoms.